The molecule has 0 aromatic carbocycles. The summed E-state index contributed by atoms with van der Waals surface area (Å²) in [7, 11) is 0. The molecule has 1 aliphatic carbocycles. The van der Waals surface area contributed by atoms with Crippen molar-refractivity contribution in [2.45, 2.75) is 50.6 Å². The normalized spacial score (nSPS) is 15.6. The summed E-state index contributed by atoms with van der Waals surface area (Å²) >= 11 is 0. The van der Waals surface area contributed by atoms with Gasteiger partial charge in [0.1, 0.15) is 0 Å². The minimum absolute atomic E-state index is 0.0174. The Morgan fingerprint density at radius 3 is 2.63 bits per heavy atom. The Balaban J connectivity index is 1.54. The summed E-state index contributed by atoms with van der Waals surface area (Å²) in [5.74, 6) is -1.37. The van der Waals surface area contributed by atoms with Crippen LogP contribution in [0.3, 0.4) is 0 Å². The van der Waals surface area contributed by atoms with E-state index in [0.717, 1.165) is 0 Å². The van der Waals surface area contributed by atoms with Gasteiger partial charge in [-0.15, -0.1) is 0 Å². The topological polar surface area (TPSA) is 88.4 Å². The van der Waals surface area contributed by atoms with E-state index in [0.29, 0.717) is 16.9 Å². The molecule has 0 spiro atoms. The lowest BCUT2D eigenvalue weighted by atomic mass is 10.2. The third-order valence-corrected chi connectivity index (χ3v) is 4.08. The molecule has 146 valence electrons. The van der Waals surface area contributed by atoms with Gasteiger partial charge < -0.3 is 10.6 Å². The first-order valence-electron chi connectivity index (χ1n) is 8.28. The van der Waals surface area contributed by atoms with Gasteiger partial charge >= 0.3 is 6.18 Å². The molecule has 2 aromatic heterocycles. The van der Waals surface area contributed by atoms with E-state index < -0.39 is 36.5 Å². The Labute approximate surface area is 151 Å². The fourth-order valence-corrected chi connectivity index (χ4v) is 2.36. The Bertz CT molecular complexity index is 860. The van der Waals surface area contributed by atoms with Crippen LogP contribution in [0, 0.1) is 0 Å². The van der Waals surface area contributed by atoms with Crippen molar-refractivity contribution in [3.63, 3.8) is 0 Å². The van der Waals surface area contributed by atoms with E-state index in [4.69, 9.17) is 0 Å². The van der Waals surface area contributed by atoms with E-state index in [1.165, 1.54) is 10.7 Å². The Morgan fingerprint density at radius 2 is 1.96 bits per heavy atom. The van der Waals surface area contributed by atoms with Crippen LogP contribution in [-0.4, -0.2) is 38.3 Å². The van der Waals surface area contributed by atoms with E-state index in [1.807, 2.05) is 0 Å². The van der Waals surface area contributed by atoms with Gasteiger partial charge in [-0.1, -0.05) is 0 Å². The number of nitrogens with zero attached hydrogens (tertiary/aromatic N) is 3. The predicted octanol–water partition coefficient (Wildman–Crippen LogP) is 1.81. The zero-order chi connectivity index (χ0) is 19.7. The fraction of sp³-hybridized carbons (Fsp3) is 0.500. The quantitative estimate of drug-likeness (QED) is 0.710. The number of aromatic nitrogens is 3. The number of amides is 2. The molecule has 11 heteroatoms. The van der Waals surface area contributed by atoms with Gasteiger partial charge in [-0.3, -0.25) is 9.59 Å². The molecule has 0 atom stereocenters. The van der Waals surface area contributed by atoms with Gasteiger partial charge in [0, 0.05) is 13.0 Å². The first kappa shape index (κ1) is 19.1. The third kappa shape index (κ3) is 5.14. The zero-order valence-corrected chi connectivity index (χ0v) is 14.1. The number of hydrogen-bond acceptors (Lipinski definition) is 4. The number of alkyl halides is 4. The second-order valence-electron chi connectivity index (χ2n) is 6.44. The first-order valence-corrected chi connectivity index (χ1v) is 8.28. The Hall–Kier alpha value is -2.72. The highest BCUT2D eigenvalue weighted by molar-refractivity contribution is 5.87. The van der Waals surface area contributed by atoms with E-state index in [2.05, 4.69) is 20.7 Å². The molecule has 0 saturated heterocycles. The first-order chi connectivity index (χ1) is 12.6. The Kier molecular flexibility index (Phi) is 5.03. The van der Waals surface area contributed by atoms with Crippen LogP contribution in [0.5, 0.6) is 0 Å². The van der Waals surface area contributed by atoms with Crippen LogP contribution >= 0.6 is 0 Å². The highest BCUT2D eigenvalue weighted by atomic mass is 19.4. The monoisotopic (exact) mass is 387 g/mol. The summed E-state index contributed by atoms with van der Waals surface area (Å²) in [5, 5.41) is 8.96. The van der Waals surface area contributed by atoms with Crippen molar-refractivity contribution in [2.75, 3.05) is 0 Å². The largest absolute Gasteiger partial charge is 0.389 e. The minimum Gasteiger partial charge on any atom is -0.352 e. The van der Waals surface area contributed by atoms with Crippen molar-refractivity contribution < 1.29 is 27.2 Å². The van der Waals surface area contributed by atoms with Crippen LogP contribution in [0.25, 0.3) is 5.65 Å². The summed E-state index contributed by atoms with van der Waals surface area (Å²) in [5.41, 5.74) is -0.284. The molecule has 2 heterocycles. The second-order valence-corrected chi connectivity index (χ2v) is 6.44. The number of imidazole rings is 1. The fourth-order valence-electron chi connectivity index (χ4n) is 2.36. The highest BCUT2D eigenvalue weighted by Crippen LogP contribution is 2.39. The molecule has 1 fully saturated rings. The van der Waals surface area contributed by atoms with Crippen LogP contribution in [0.15, 0.2) is 18.5 Å². The van der Waals surface area contributed by atoms with Gasteiger partial charge in [-0.2, -0.15) is 18.3 Å². The number of fused-ring (bicyclic) bond motifs is 1. The predicted molar refractivity (Wildman–Crippen MR) is 85.0 cm³/mol. The number of rotatable bonds is 7. The Morgan fingerprint density at radius 1 is 1.22 bits per heavy atom. The van der Waals surface area contributed by atoms with Crippen LogP contribution in [0.1, 0.15) is 36.9 Å². The number of halogens is 4. The van der Waals surface area contributed by atoms with Gasteiger partial charge in [0.05, 0.1) is 31.1 Å². The second kappa shape index (κ2) is 7.12. The van der Waals surface area contributed by atoms with Crippen molar-refractivity contribution in [3.8, 4) is 0 Å². The highest BCUT2D eigenvalue weighted by Gasteiger charge is 2.50. The van der Waals surface area contributed by atoms with Crippen LogP contribution < -0.4 is 10.6 Å². The lowest BCUT2D eigenvalue weighted by molar-refractivity contribution is -0.144. The van der Waals surface area contributed by atoms with Crippen molar-refractivity contribution in [1.29, 1.82) is 0 Å². The maximum atomic E-state index is 13.6. The van der Waals surface area contributed by atoms with E-state index in [-0.39, 0.29) is 25.9 Å². The average molecular weight is 387 g/mol. The lowest BCUT2D eigenvalue weighted by Gasteiger charge is -2.07. The molecular formula is C16H17F4N5O2. The maximum absolute atomic E-state index is 13.6. The minimum atomic E-state index is -4.37. The van der Waals surface area contributed by atoms with Gasteiger partial charge in [0.15, 0.2) is 11.3 Å². The third-order valence-electron chi connectivity index (χ3n) is 4.08. The van der Waals surface area contributed by atoms with Crippen molar-refractivity contribution in [2.24, 2.45) is 0 Å². The molecule has 1 saturated carbocycles. The smallest absolute Gasteiger partial charge is 0.352 e. The average Bonchev–Trinajstić information content (AvgIpc) is 3.22. The SMILES string of the molecule is O=C(CCC(F)(F)F)NCc1cnn2cc(CNC(=O)C3(F)CC3)nc2c1. The molecule has 0 radical (unpaired) electrons. The molecule has 2 N–H and O–H groups in total. The molecular weight excluding hydrogens is 370 g/mol. The molecule has 2 aromatic rings. The molecule has 0 bridgehead atoms. The van der Waals surface area contributed by atoms with Crippen molar-refractivity contribution in [1.82, 2.24) is 25.2 Å². The molecule has 27 heavy (non-hydrogen) atoms. The summed E-state index contributed by atoms with van der Waals surface area (Å²) in [6.45, 7) is 0.0703. The zero-order valence-electron chi connectivity index (χ0n) is 14.1. The molecule has 0 unspecified atom stereocenters. The van der Waals surface area contributed by atoms with Crippen LogP contribution in [0.2, 0.25) is 0 Å². The summed E-state index contributed by atoms with van der Waals surface area (Å²) in [4.78, 5) is 27.3. The molecule has 0 aliphatic heterocycles. The number of carbonyl (C=O) groups is 2. The standard InChI is InChI=1S/C16H17F4N5O2/c17-15(3-4-15)14(27)22-8-11-9-25-12(24-11)5-10(7-23-25)6-21-13(26)1-2-16(18,19)20/h5,7,9H,1-4,6,8H2,(H,21,26)(H,22,27). The maximum Gasteiger partial charge on any atom is 0.389 e. The van der Waals surface area contributed by atoms with Crippen LogP contribution in [0.4, 0.5) is 17.6 Å². The number of carbonyl (C=O) groups excluding carboxylic acids is 2. The molecule has 7 nitrogen and oxygen atoms in total. The lowest BCUT2D eigenvalue weighted by Crippen LogP contribution is -2.32. The van der Waals surface area contributed by atoms with Gasteiger partial charge in [0.25, 0.3) is 5.91 Å². The summed E-state index contributed by atoms with van der Waals surface area (Å²) in [6.07, 6.45) is -2.72. The van der Waals surface area contributed by atoms with Crippen molar-refractivity contribution in [3.05, 3.63) is 29.7 Å². The molecule has 1 aliphatic rings. The van der Waals surface area contributed by atoms with Gasteiger partial charge in [-0.05, 0) is 24.5 Å². The van der Waals surface area contributed by atoms with E-state index in [1.54, 1.807) is 12.3 Å². The van der Waals surface area contributed by atoms with E-state index >= 15 is 0 Å². The summed E-state index contributed by atoms with van der Waals surface area (Å²) < 4.78 is 51.3. The van der Waals surface area contributed by atoms with E-state index in [9.17, 15) is 27.2 Å². The van der Waals surface area contributed by atoms with Crippen LogP contribution in [-0.2, 0) is 22.7 Å². The number of nitrogens with one attached hydrogen (secondary N) is 2. The summed E-state index contributed by atoms with van der Waals surface area (Å²) in [6, 6.07) is 1.61. The molecule has 3 rings (SSSR count). The molecule has 2 amide bonds. The van der Waals surface area contributed by atoms with Crippen molar-refractivity contribution >= 4 is 17.5 Å². The number of hydrogen-bond donors (Lipinski definition) is 2. The van der Waals surface area contributed by atoms with Gasteiger partial charge in [-0.25, -0.2) is 13.9 Å². The van der Waals surface area contributed by atoms with Gasteiger partial charge in [0.2, 0.25) is 5.91 Å².